The number of fused-ring (bicyclic) bond motifs is 1. The molecule has 0 aromatic heterocycles. The van der Waals surface area contributed by atoms with E-state index >= 15 is 0 Å². The molecule has 3 unspecified atom stereocenters. The first-order chi connectivity index (χ1) is 12.3. The van der Waals surface area contributed by atoms with Crippen LogP contribution in [-0.2, 0) is 14.8 Å². The molecule has 2 aliphatic rings. The second-order valence-electron chi connectivity index (χ2n) is 7.19. The lowest BCUT2D eigenvalue weighted by molar-refractivity contribution is -0.130. The molecule has 2 fully saturated rings. The number of Topliss-reactive ketones (excluding diaryl/α,β-unsaturated/α-hetero) is 1. The van der Waals surface area contributed by atoms with Crippen molar-refractivity contribution in [2.24, 2.45) is 17.6 Å². The highest BCUT2D eigenvalue weighted by Crippen LogP contribution is 2.37. The predicted octanol–water partition coefficient (Wildman–Crippen LogP) is 1.18. The standard InChI is InChI=1S/C18H25N3O4S.ClH/c1-12(22)13-2-5-15(6-3-13)26(24,25)20-9-8-18(23)21-10-14-4-7-17(19)16(14)11-21;/h2-3,5-6,14,16-17,20H,4,7-11,19H2,1H3;1H. The largest absolute Gasteiger partial charge is 0.342 e. The number of nitrogens with one attached hydrogen (secondary N) is 1. The molecule has 1 aliphatic carbocycles. The molecule has 9 heteroatoms. The number of nitrogens with two attached hydrogens (primary N) is 1. The van der Waals surface area contributed by atoms with Gasteiger partial charge in [-0.25, -0.2) is 13.1 Å². The monoisotopic (exact) mass is 415 g/mol. The minimum atomic E-state index is -3.70. The van der Waals surface area contributed by atoms with Crippen molar-refractivity contribution in [1.82, 2.24) is 9.62 Å². The molecule has 3 rings (SSSR count). The molecule has 0 spiro atoms. The molecule has 3 atom stereocenters. The number of rotatable bonds is 6. The van der Waals surface area contributed by atoms with Crippen LogP contribution in [0.5, 0.6) is 0 Å². The van der Waals surface area contributed by atoms with Crippen molar-refractivity contribution in [3.8, 4) is 0 Å². The van der Waals surface area contributed by atoms with Crippen LogP contribution in [0.2, 0.25) is 0 Å². The summed E-state index contributed by atoms with van der Waals surface area (Å²) in [5.41, 5.74) is 6.54. The molecule has 0 bridgehead atoms. The van der Waals surface area contributed by atoms with Gasteiger partial charge in [0.25, 0.3) is 0 Å². The number of ketones is 1. The van der Waals surface area contributed by atoms with Crippen molar-refractivity contribution in [2.45, 2.75) is 37.1 Å². The van der Waals surface area contributed by atoms with E-state index < -0.39 is 10.0 Å². The molecule has 1 aliphatic heterocycles. The van der Waals surface area contributed by atoms with Crippen molar-refractivity contribution in [3.05, 3.63) is 29.8 Å². The van der Waals surface area contributed by atoms with Gasteiger partial charge in [-0.15, -0.1) is 12.4 Å². The second-order valence-corrected chi connectivity index (χ2v) is 8.96. The van der Waals surface area contributed by atoms with Crippen LogP contribution in [0.15, 0.2) is 29.2 Å². The maximum atomic E-state index is 12.3. The molecule has 150 valence electrons. The first-order valence-corrected chi connectivity index (χ1v) is 10.4. The van der Waals surface area contributed by atoms with E-state index in [9.17, 15) is 18.0 Å². The quantitative estimate of drug-likeness (QED) is 0.678. The van der Waals surface area contributed by atoms with E-state index in [1.165, 1.54) is 31.2 Å². The molecule has 1 saturated carbocycles. The Morgan fingerprint density at radius 2 is 1.85 bits per heavy atom. The Morgan fingerprint density at radius 1 is 1.19 bits per heavy atom. The van der Waals surface area contributed by atoms with Crippen LogP contribution in [-0.4, -0.2) is 50.7 Å². The Morgan fingerprint density at radius 3 is 2.44 bits per heavy atom. The Balaban J connectivity index is 0.00000261. The predicted molar refractivity (Wildman–Crippen MR) is 104 cm³/mol. The Hall–Kier alpha value is -1.48. The molecule has 0 radical (unpaired) electrons. The maximum absolute atomic E-state index is 12.3. The van der Waals surface area contributed by atoms with Gasteiger partial charge in [-0.3, -0.25) is 9.59 Å². The lowest BCUT2D eigenvalue weighted by Gasteiger charge is -2.19. The SMILES string of the molecule is CC(=O)c1ccc(S(=O)(=O)NCCC(=O)N2CC3CCC(N)C3C2)cc1.Cl. The van der Waals surface area contributed by atoms with Crippen molar-refractivity contribution in [2.75, 3.05) is 19.6 Å². The fraction of sp³-hybridized carbons (Fsp3) is 0.556. The number of carbonyl (C=O) groups excluding carboxylic acids is 2. The maximum Gasteiger partial charge on any atom is 0.240 e. The average molecular weight is 416 g/mol. The topological polar surface area (TPSA) is 110 Å². The van der Waals surface area contributed by atoms with E-state index in [2.05, 4.69) is 4.72 Å². The molecule has 7 nitrogen and oxygen atoms in total. The number of amides is 1. The van der Waals surface area contributed by atoms with Crippen molar-refractivity contribution < 1.29 is 18.0 Å². The van der Waals surface area contributed by atoms with Gasteiger partial charge in [-0.05, 0) is 43.7 Å². The van der Waals surface area contributed by atoms with Crippen molar-refractivity contribution in [1.29, 1.82) is 0 Å². The molecule has 1 amide bonds. The van der Waals surface area contributed by atoms with Gasteiger partial charge in [0.15, 0.2) is 5.78 Å². The Labute approximate surface area is 166 Å². The number of sulfonamides is 1. The summed E-state index contributed by atoms with van der Waals surface area (Å²) >= 11 is 0. The summed E-state index contributed by atoms with van der Waals surface area (Å²) in [6.45, 7) is 2.89. The average Bonchev–Trinajstić information content (AvgIpc) is 3.17. The molecule has 1 aromatic rings. The second kappa shape index (κ2) is 8.68. The number of benzene rings is 1. The number of halogens is 1. The summed E-state index contributed by atoms with van der Waals surface area (Å²) in [6.07, 6.45) is 2.22. The summed E-state index contributed by atoms with van der Waals surface area (Å²) in [4.78, 5) is 25.5. The fourth-order valence-corrected chi connectivity index (χ4v) is 4.95. The zero-order valence-corrected chi connectivity index (χ0v) is 16.9. The van der Waals surface area contributed by atoms with Crippen LogP contribution < -0.4 is 10.5 Å². The minimum absolute atomic E-state index is 0. The highest BCUT2D eigenvalue weighted by molar-refractivity contribution is 7.89. The van der Waals surface area contributed by atoms with E-state index in [-0.39, 0.29) is 48.0 Å². The molecular weight excluding hydrogens is 390 g/mol. The summed E-state index contributed by atoms with van der Waals surface area (Å²) < 4.78 is 27.0. The van der Waals surface area contributed by atoms with Gasteiger partial charge in [0.2, 0.25) is 15.9 Å². The van der Waals surface area contributed by atoms with Crippen molar-refractivity contribution in [3.63, 3.8) is 0 Å². The summed E-state index contributed by atoms with van der Waals surface area (Å²) in [5.74, 6) is 0.713. The zero-order chi connectivity index (χ0) is 18.9. The van der Waals surface area contributed by atoms with E-state index in [0.29, 0.717) is 23.9 Å². The van der Waals surface area contributed by atoms with Crippen LogP contribution in [0.1, 0.15) is 36.5 Å². The fourth-order valence-electron chi connectivity index (χ4n) is 3.91. The molecular formula is C18H26ClN3O4S. The molecule has 1 saturated heterocycles. The van der Waals surface area contributed by atoms with Crippen LogP contribution in [0.3, 0.4) is 0 Å². The van der Waals surface area contributed by atoms with Gasteiger partial charge >= 0.3 is 0 Å². The number of hydrogen-bond donors (Lipinski definition) is 2. The normalized spacial score (nSPS) is 24.4. The zero-order valence-electron chi connectivity index (χ0n) is 15.3. The number of carbonyl (C=O) groups is 2. The minimum Gasteiger partial charge on any atom is -0.342 e. The Kier molecular flexibility index (Phi) is 7.02. The Bertz CT molecular complexity index is 797. The van der Waals surface area contributed by atoms with E-state index in [1.807, 2.05) is 4.90 Å². The smallest absolute Gasteiger partial charge is 0.240 e. The summed E-state index contributed by atoms with van der Waals surface area (Å²) in [7, 11) is -3.70. The van der Waals surface area contributed by atoms with Gasteiger partial charge < -0.3 is 10.6 Å². The lowest BCUT2D eigenvalue weighted by Crippen LogP contribution is -2.35. The van der Waals surface area contributed by atoms with E-state index in [1.54, 1.807) is 0 Å². The third-order valence-corrected chi connectivity index (χ3v) is 6.94. The van der Waals surface area contributed by atoms with Gasteiger partial charge in [-0.1, -0.05) is 12.1 Å². The number of nitrogens with zero attached hydrogens (tertiary/aromatic N) is 1. The molecule has 3 N–H and O–H groups in total. The van der Waals surface area contributed by atoms with Crippen LogP contribution in [0, 0.1) is 11.8 Å². The highest BCUT2D eigenvalue weighted by atomic mass is 35.5. The van der Waals surface area contributed by atoms with Crippen molar-refractivity contribution >= 4 is 34.1 Å². The van der Waals surface area contributed by atoms with Crippen LogP contribution >= 0.6 is 12.4 Å². The van der Waals surface area contributed by atoms with Crippen LogP contribution in [0.4, 0.5) is 0 Å². The third-order valence-electron chi connectivity index (χ3n) is 5.47. The van der Waals surface area contributed by atoms with E-state index in [0.717, 1.165) is 19.4 Å². The number of likely N-dealkylation sites (tertiary alicyclic amines) is 1. The number of hydrogen-bond acceptors (Lipinski definition) is 5. The van der Waals surface area contributed by atoms with Gasteiger partial charge in [-0.2, -0.15) is 0 Å². The molecule has 1 heterocycles. The van der Waals surface area contributed by atoms with Gasteiger partial charge in [0.1, 0.15) is 0 Å². The third kappa shape index (κ3) is 4.87. The summed E-state index contributed by atoms with van der Waals surface area (Å²) in [5, 5.41) is 0. The van der Waals surface area contributed by atoms with Gasteiger partial charge in [0, 0.05) is 37.7 Å². The van der Waals surface area contributed by atoms with E-state index in [4.69, 9.17) is 5.73 Å². The first-order valence-electron chi connectivity index (χ1n) is 8.92. The summed E-state index contributed by atoms with van der Waals surface area (Å²) in [6, 6.07) is 5.92. The molecule has 27 heavy (non-hydrogen) atoms. The van der Waals surface area contributed by atoms with Gasteiger partial charge in [0.05, 0.1) is 4.90 Å². The first kappa shape index (κ1) is 21.8. The molecule has 1 aromatic carbocycles. The lowest BCUT2D eigenvalue weighted by atomic mass is 9.98. The van der Waals surface area contributed by atoms with Crippen LogP contribution in [0.25, 0.3) is 0 Å². The highest BCUT2D eigenvalue weighted by Gasteiger charge is 2.42.